The molecule has 0 bridgehead atoms. The minimum atomic E-state index is -0.207. The van der Waals surface area contributed by atoms with Crippen molar-refractivity contribution < 1.29 is 10.0 Å². The Morgan fingerprint density at radius 3 is 2.71 bits per heavy atom. The van der Waals surface area contributed by atoms with Crippen LogP contribution in [0.25, 0.3) is 0 Å². The number of nitrogens with two attached hydrogens (primary N) is 1. The van der Waals surface area contributed by atoms with Crippen molar-refractivity contribution in [1.29, 1.82) is 0 Å². The third-order valence-corrected chi connectivity index (χ3v) is 2.33. The molecule has 0 radical (unpaired) electrons. The molecule has 0 saturated carbocycles. The first-order chi connectivity index (χ1) is 7.95. The van der Waals surface area contributed by atoms with Crippen LogP contribution in [0.4, 0.5) is 0 Å². The molecule has 0 aliphatic rings. The van der Waals surface area contributed by atoms with Crippen LogP contribution in [0, 0.1) is 13.8 Å². The van der Waals surface area contributed by atoms with Crippen molar-refractivity contribution in [3.8, 4) is 0 Å². The smallest absolute Gasteiger partial charge is 0.255 e. The molecule has 0 aliphatic carbocycles. The zero-order valence-electron chi connectivity index (χ0n) is 10.1. The molecule has 17 heavy (non-hydrogen) atoms. The first-order valence-electron chi connectivity index (χ1n) is 5.11. The fraction of sp³-hybridized carbons (Fsp3) is 0.364. The molecule has 0 spiro atoms. The maximum atomic E-state index is 12.0. The highest BCUT2D eigenvalue weighted by Crippen LogP contribution is 2.09. The molecule has 0 fully saturated rings. The summed E-state index contributed by atoms with van der Waals surface area (Å²) in [5.74, 6) is -0.222. The molecule has 3 N–H and O–H groups in total. The number of carbonyl (C=O) groups is 1. The lowest BCUT2D eigenvalue weighted by Crippen LogP contribution is -2.36. The molecule has 0 aliphatic heterocycles. The number of aromatic nitrogens is 1. The maximum absolute atomic E-state index is 12.0. The number of nitrogens with zero attached hydrogens (tertiary/aromatic N) is 3. The Morgan fingerprint density at radius 2 is 2.18 bits per heavy atom. The van der Waals surface area contributed by atoms with Crippen molar-refractivity contribution in [1.82, 2.24) is 9.88 Å². The lowest BCUT2D eigenvalue weighted by Gasteiger charge is -2.17. The third-order valence-electron chi connectivity index (χ3n) is 2.33. The first-order valence-corrected chi connectivity index (χ1v) is 5.11. The van der Waals surface area contributed by atoms with Crippen LogP contribution >= 0.6 is 0 Å². The second kappa shape index (κ2) is 5.29. The molecule has 0 saturated heterocycles. The Balaban J connectivity index is 2.89. The number of hydrogen-bond acceptors (Lipinski definition) is 4. The summed E-state index contributed by atoms with van der Waals surface area (Å²) in [5.41, 5.74) is 7.39. The monoisotopic (exact) mass is 236 g/mol. The zero-order chi connectivity index (χ0) is 13.0. The summed E-state index contributed by atoms with van der Waals surface area (Å²) in [7, 11) is 1.58. The van der Waals surface area contributed by atoms with Crippen LogP contribution < -0.4 is 5.73 Å². The third kappa shape index (κ3) is 3.17. The molecular weight excluding hydrogens is 220 g/mol. The molecule has 1 amide bonds. The molecule has 1 aromatic heterocycles. The number of likely N-dealkylation sites (N-methyl/N-ethyl adjacent to an activating group) is 1. The number of carbonyl (C=O) groups excluding carboxylic acids is 1. The summed E-state index contributed by atoms with van der Waals surface area (Å²) in [4.78, 5) is 17.6. The number of aryl methyl sites for hydroxylation is 2. The Labute approximate surface area is 99.7 Å². The standard InChI is InChI=1S/C11H16N4O2/c1-7-4-5-9(8(2)13-7)11(16)15(3)6-10(12)14-17/h4-5,17H,6H2,1-3H3,(H2,12,14). The molecule has 0 atom stereocenters. The van der Waals surface area contributed by atoms with E-state index in [4.69, 9.17) is 10.9 Å². The summed E-state index contributed by atoms with van der Waals surface area (Å²) in [6.45, 7) is 3.71. The van der Waals surface area contributed by atoms with Crippen molar-refractivity contribution in [3.63, 3.8) is 0 Å². The van der Waals surface area contributed by atoms with Crippen LogP contribution in [0.2, 0.25) is 0 Å². The van der Waals surface area contributed by atoms with Crippen molar-refractivity contribution >= 4 is 11.7 Å². The summed E-state index contributed by atoms with van der Waals surface area (Å²) in [6.07, 6.45) is 0. The Hall–Kier alpha value is -2.11. The lowest BCUT2D eigenvalue weighted by molar-refractivity contribution is 0.0812. The van der Waals surface area contributed by atoms with Gasteiger partial charge in [-0.15, -0.1) is 0 Å². The highest BCUT2D eigenvalue weighted by atomic mass is 16.4. The second-order valence-electron chi connectivity index (χ2n) is 3.84. The van der Waals surface area contributed by atoms with Crippen molar-refractivity contribution in [2.45, 2.75) is 13.8 Å². The largest absolute Gasteiger partial charge is 0.409 e. The van der Waals surface area contributed by atoms with Gasteiger partial charge in [0, 0.05) is 12.7 Å². The number of rotatable bonds is 3. The van der Waals surface area contributed by atoms with Crippen molar-refractivity contribution in [2.24, 2.45) is 10.9 Å². The van der Waals surface area contributed by atoms with E-state index in [0.29, 0.717) is 11.3 Å². The number of pyridine rings is 1. The minimum Gasteiger partial charge on any atom is -0.409 e. The molecular formula is C11H16N4O2. The fourth-order valence-electron chi connectivity index (χ4n) is 1.46. The van der Waals surface area contributed by atoms with E-state index in [1.165, 1.54) is 4.90 Å². The number of oxime groups is 1. The van der Waals surface area contributed by atoms with Crippen molar-refractivity contribution in [3.05, 3.63) is 29.1 Å². The van der Waals surface area contributed by atoms with Gasteiger partial charge in [-0.05, 0) is 26.0 Å². The van der Waals surface area contributed by atoms with Crippen LogP contribution in [0.15, 0.2) is 17.3 Å². The zero-order valence-corrected chi connectivity index (χ0v) is 10.1. The fourth-order valence-corrected chi connectivity index (χ4v) is 1.46. The van der Waals surface area contributed by atoms with Gasteiger partial charge in [0.2, 0.25) is 0 Å². The molecule has 1 heterocycles. The summed E-state index contributed by atoms with van der Waals surface area (Å²) in [6, 6.07) is 3.50. The molecule has 1 rings (SSSR count). The molecule has 0 unspecified atom stereocenters. The van der Waals surface area contributed by atoms with Gasteiger partial charge < -0.3 is 15.8 Å². The van der Waals surface area contributed by atoms with E-state index in [2.05, 4.69) is 10.1 Å². The normalized spacial score (nSPS) is 11.4. The van der Waals surface area contributed by atoms with Gasteiger partial charge in [0.25, 0.3) is 5.91 Å². The van der Waals surface area contributed by atoms with Gasteiger partial charge in [0.15, 0.2) is 5.84 Å². The van der Waals surface area contributed by atoms with Gasteiger partial charge in [-0.1, -0.05) is 5.16 Å². The van der Waals surface area contributed by atoms with Gasteiger partial charge in [0.1, 0.15) is 0 Å². The van der Waals surface area contributed by atoms with Crippen LogP contribution in [0.5, 0.6) is 0 Å². The van der Waals surface area contributed by atoms with E-state index in [9.17, 15) is 4.79 Å². The predicted octanol–water partition coefficient (Wildman–Crippen LogP) is 0.517. The number of amidine groups is 1. The summed E-state index contributed by atoms with van der Waals surface area (Å²) in [5, 5.41) is 11.3. The van der Waals surface area contributed by atoms with Crippen LogP contribution in [-0.2, 0) is 0 Å². The minimum absolute atomic E-state index is 0.0152. The van der Waals surface area contributed by atoms with Crippen LogP contribution in [0.1, 0.15) is 21.7 Å². The molecule has 0 aromatic carbocycles. The van der Waals surface area contributed by atoms with E-state index in [-0.39, 0.29) is 18.3 Å². The van der Waals surface area contributed by atoms with E-state index >= 15 is 0 Å². The highest BCUT2D eigenvalue weighted by molar-refractivity contribution is 5.97. The topological polar surface area (TPSA) is 91.8 Å². The summed E-state index contributed by atoms with van der Waals surface area (Å²) < 4.78 is 0. The average Bonchev–Trinajstić information content (AvgIpc) is 2.28. The van der Waals surface area contributed by atoms with E-state index in [1.54, 1.807) is 26.1 Å². The van der Waals surface area contributed by atoms with E-state index < -0.39 is 0 Å². The number of hydrogen-bond donors (Lipinski definition) is 2. The molecule has 1 aromatic rings. The van der Waals surface area contributed by atoms with Gasteiger partial charge in [-0.25, -0.2) is 0 Å². The predicted molar refractivity (Wildman–Crippen MR) is 64.1 cm³/mol. The van der Waals surface area contributed by atoms with Gasteiger partial charge >= 0.3 is 0 Å². The SMILES string of the molecule is Cc1ccc(C(=O)N(C)CC(N)=NO)c(C)n1. The first kappa shape index (κ1) is 13.0. The molecule has 6 nitrogen and oxygen atoms in total. The van der Waals surface area contributed by atoms with Crippen LogP contribution in [-0.4, -0.2) is 40.4 Å². The number of amides is 1. The Kier molecular flexibility index (Phi) is 4.03. The molecule has 6 heteroatoms. The quantitative estimate of drug-likeness (QED) is 0.346. The average molecular weight is 236 g/mol. The molecule has 92 valence electrons. The lowest BCUT2D eigenvalue weighted by atomic mass is 10.1. The van der Waals surface area contributed by atoms with E-state index in [1.807, 2.05) is 6.92 Å². The Bertz CT molecular complexity index is 457. The maximum Gasteiger partial charge on any atom is 0.255 e. The van der Waals surface area contributed by atoms with Crippen molar-refractivity contribution in [2.75, 3.05) is 13.6 Å². The highest BCUT2D eigenvalue weighted by Gasteiger charge is 2.15. The van der Waals surface area contributed by atoms with Crippen LogP contribution in [0.3, 0.4) is 0 Å². The second-order valence-corrected chi connectivity index (χ2v) is 3.84. The van der Waals surface area contributed by atoms with E-state index in [0.717, 1.165) is 5.69 Å². The van der Waals surface area contributed by atoms with Gasteiger partial charge in [-0.3, -0.25) is 9.78 Å². The summed E-state index contributed by atoms with van der Waals surface area (Å²) >= 11 is 0. The Morgan fingerprint density at radius 1 is 1.53 bits per heavy atom. The van der Waals surface area contributed by atoms with Gasteiger partial charge in [0.05, 0.1) is 17.8 Å². The van der Waals surface area contributed by atoms with Gasteiger partial charge in [-0.2, -0.15) is 0 Å².